The van der Waals surface area contributed by atoms with E-state index in [0.29, 0.717) is 15.7 Å². The van der Waals surface area contributed by atoms with Crippen LogP contribution in [0, 0.1) is 16.0 Å². The van der Waals surface area contributed by atoms with Crippen molar-refractivity contribution in [1.29, 1.82) is 0 Å². The molecule has 184 valence electrons. The van der Waals surface area contributed by atoms with E-state index in [1.807, 2.05) is 30.3 Å². The molecule has 2 aliphatic heterocycles. The largest absolute Gasteiger partial charge is 0.503 e. The fourth-order valence-electron chi connectivity index (χ4n) is 4.62. The summed E-state index contributed by atoms with van der Waals surface area (Å²) in [6.07, 6.45) is -1.12. The van der Waals surface area contributed by atoms with Crippen LogP contribution in [0.4, 0.5) is 11.4 Å². The number of carbonyl (C=O) groups excluding carboxylic acids is 2. The number of benzene rings is 3. The first-order chi connectivity index (χ1) is 17.3. The molecule has 0 saturated carbocycles. The number of imide groups is 1. The number of hydrogen-bond acceptors (Lipinski definition) is 8. The maximum Gasteiger partial charge on any atom is 0.271 e. The highest BCUT2D eigenvalue weighted by atomic mass is 79.9. The molecule has 0 bridgehead atoms. The zero-order valence-electron chi connectivity index (χ0n) is 18.9. The Hall–Kier alpha value is -3.96. The summed E-state index contributed by atoms with van der Waals surface area (Å²) >= 11 is 3.31. The topological polar surface area (TPSA) is 122 Å². The number of anilines is 1. The van der Waals surface area contributed by atoms with Crippen LogP contribution in [-0.4, -0.2) is 40.0 Å². The summed E-state index contributed by atoms with van der Waals surface area (Å²) < 4.78 is 5.60. The van der Waals surface area contributed by atoms with Gasteiger partial charge in [0.1, 0.15) is 5.92 Å². The number of phenolic OH excluding ortho intramolecular Hbond substituents is 1. The summed E-state index contributed by atoms with van der Waals surface area (Å²) in [7, 11) is 1.39. The Kier molecular flexibility index (Phi) is 6.10. The van der Waals surface area contributed by atoms with Gasteiger partial charge < -0.3 is 9.84 Å². The standard InChI is InChI=1S/C25H20BrN3O7/c1-35-19-11-15(10-18(26)22(19)30)21-20-23(36-28(21)16-8-5-9-17(12-16)29(33)34)25(32)27(24(20)31)13-14-6-3-2-4-7-14/h2-12,20-21,23,30H,13H2,1H3/t20-,21+,23-/m0/s1. The summed E-state index contributed by atoms with van der Waals surface area (Å²) in [6.45, 7) is 0.0982. The third kappa shape index (κ3) is 3.95. The molecule has 3 aromatic carbocycles. The van der Waals surface area contributed by atoms with Gasteiger partial charge in [0.15, 0.2) is 17.6 Å². The number of carbonyl (C=O) groups is 2. The van der Waals surface area contributed by atoms with Crippen molar-refractivity contribution in [3.8, 4) is 11.5 Å². The molecule has 3 aromatic rings. The van der Waals surface area contributed by atoms with E-state index in [1.54, 1.807) is 18.2 Å². The molecule has 0 aliphatic carbocycles. The number of phenols is 1. The molecule has 11 heteroatoms. The van der Waals surface area contributed by atoms with Gasteiger partial charge >= 0.3 is 0 Å². The zero-order chi connectivity index (χ0) is 25.6. The van der Waals surface area contributed by atoms with Crippen molar-refractivity contribution >= 4 is 39.1 Å². The van der Waals surface area contributed by atoms with Crippen LogP contribution < -0.4 is 9.80 Å². The number of non-ortho nitro benzene ring substituents is 1. The normalized spacial score (nSPS) is 21.1. The first kappa shape index (κ1) is 23.8. The minimum Gasteiger partial charge on any atom is -0.503 e. The van der Waals surface area contributed by atoms with Crippen molar-refractivity contribution in [1.82, 2.24) is 4.90 Å². The lowest BCUT2D eigenvalue weighted by molar-refractivity contribution is -0.384. The molecule has 2 amide bonds. The Morgan fingerprint density at radius 3 is 2.53 bits per heavy atom. The second-order valence-corrected chi connectivity index (χ2v) is 9.26. The van der Waals surface area contributed by atoms with Crippen molar-refractivity contribution in [3.63, 3.8) is 0 Å². The van der Waals surface area contributed by atoms with E-state index in [0.717, 1.165) is 5.56 Å². The average Bonchev–Trinajstić information content (AvgIpc) is 3.38. The van der Waals surface area contributed by atoms with E-state index < -0.39 is 34.8 Å². The SMILES string of the molecule is COc1cc([C@@H]2[C@@H]3C(=O)N(Cc4ccccc4)C(=O)[C@H]3ON2c2cccc([N+](=O)[O-])c2)cc(Br)c1O. The molecule has 2 fully saturated rings. The lowest BCUT2D eigenvalue weighted by Gasteiger charge is -2.29. The summed E-state index contributed by atoms with van der Waals surface area (Å²) in [5.74, 6) is -1.81. The van der Waals surface area contributed by atoms with E-state index in [1.165, 1.54) is 35.3 Å². The van der Waals surface area contributed by atoms with Crippen molar-refractivity contribution in [2.24, 2.45) is 5.92 Å². The van der Waals surface area contributed by atoms with Crippen LogP contribution in [-0.2, 0) is 21.0 Å². The third-order valence-corrected chi connectivity index (χ3v) is 6.90. The smallest absolute Gasteiger partial charge is 0.271 e. The van der Waals surface area contributed by atoms with Crippen molar-refractivity contribution < 1.29 is 29.2 Å². The molecule has 0 aromatic heterocycles. The van der Waals surface area contributed by atoms with Crippen LogP contribution in [0.2, 0.25) is 0 Å². The third-order valence-electron chi connectivity index (χ3n) is 6.30. The van der Waals surface area contributed by atoms with E-state index in [4.69, 9.17) is 9.57 Å². The van der Waals surface area contributed by atoms with Crippen molar-refractivity contribution in [2.75, 3.05) is 12.2 Å². The molecule has 2 aliphatic rings. The number of nitro groups is 1. The highest BCUT2D eigenvalue weighted by molar-refractivity contribution is 9.10. The number of nitrogens with zero attached hydrogens (tertiary/aromatic N) is 3. The lowest BCUT2D eigenvalue weighted by atomic mass is 9.90. The number of methoxy groups -OCH3 is 1. The number of hydrogen-bond donors (Lipinski definition) is 1. The number of amides is 2. The molecular formula is C25H20BrN3O7. The van der Waals surface area contributed by atoms with Gasteiger partial charge in [0.2, 0.25) is 5.91 Å². The predicted octanol–water partition coefficient (Wildman–Crippen LogP) is 4.12. The predicted molar refractivity (Wildman–Crippen MR) is 131 cm³/mol. The van der Waals surface area contributed by atoms with Gasteiger partial charge in [-0.3, -0.25) is 29.4 Å². The second kappa shape index (κ2) is 9.25. The fourth-order valence-corrected chi connectivity index (χ4v) is 5.08. The van der Waals surface area contributed by atoms with Crippen molar-refractivity contribution in [3.05, 3.63) is 92.4 Å². The van der Waals surface area contributed by atoms with E-state index in [2.05, 4.69) is 15.9 Å². The van der Waals surface area contributed by atoms with Crippen molar-refractivity contribution in [2.45, 2.75) is 18.7 Å². The van der Waals surface area contributed by atoms with Crippen LogP contribution in [0.5, 0.6) is 11.5 Å². The van der Waals surface area contributed by atoms with Gasteiger partial charge in [-0.1, -0.05) is 36.4 Å². The number of rotatable bonds is 6. The molecule has 3 atom stereocenters. The molecule has 5 rings (SSSR count). The quantitative estimate of drug-likeness (QED) is 0.275. The Morgan fingerprint density at radius 2 is 1.83 bits per heavy atom. The summed E-state index contributed by atoms with van der Waals surface area (Å²) in [4.78, 5) is 45.1. The number of ether oxygens (including phenoxy) is 1. The van der Waals surface area contributed by atoms with E-state index in [9.17, 15) is 24.8 Å². The molecule has 0 spiro atoms. The highest BCUT2D eigenvalue weighted by Crippen LogP contribution is 2.49. The number of aromatic hydroxyl groups is 1. The summed E-state index contributed by atoms with van der Waals surface area (Å²) in [5.41, 5.74) is 1.44. The maximum atomic E-state index is 13.6. The van der Waals surface area contributed by atoms with Crippen LogP contribution >= 0.6 is 15.9 Å². The zero-order valence-corrected chi connectivity index (χ0v) is 20.5. The Bertz CT molecular complexity index is 1370. The highest BCUT2D eigenvalue weighted by Gasteiger charge is 2.60. The van der Waals surface area contributed by atoms with Gasteiger partial charge in [0.05, 0.1) is 34.8 Å². The first-order valence-corrected chi connectivity index (χ1v) is 11.8. The fraction of sp³-hybridized carbons (Fsp3) is 0.200. The molecule has 1 N–H and O–H groups in total. The molecule has 0 radical (unpaired) electrons. The molecular weight excluding hydrogens is 534 g/mol. The number of hydroxylamine groups is 1. The molecule has 2 heterocycles. The lowest BCUT2D eigenvalue weighted by Crippen LogP contribution is -2.37. The first-order valence-electron chi connectivity index (χ1n) is 11.0. The summed E-state index contributed by atoms with van der Waals surface area (Å²) in [6, 6.07) is 17.2. The summed E-state index contributed by atoms with van der Waals surface area (Å²) in [5, 5.41) is 23.1. The number of likely N-dealkylation sites (tertiary alicyclic amines) is 1. The molecule has 10 nitrogen and oxygen atoms in total. The van der Waals surface area contributed by atoms with Crippen LogP contribution in [0.1, 0.15) is 17.2 Å². The van der Waals surface area contributed by atoms with Gasteiger partial charge in [-0.15, -0.1) is 0 Å². The average molecular weight is 554 g/mol. The van der Waals surface area contributed by atoms with Crippen LogP contribution in [0.3, 0.4) is 0 Å². The van der Waals surface area contributed by atoms with E-state index in [-0.39, 0.29) is 23.7 Å². The number of halogens is 1. The minimum absolute atomic E-state index is 0.0982. The second-order valence-electron chi connectivity index (χ2n) is 8.40. The monoisotopic (exact) mass is 553 g/mol. The minimum atomic E-state index is -1.12. The van der Waals surface area contributed by atoms with Gasteiger partial charge in [-0.2, -0.15) is 0 Å². The van der Waals surface area contributed by atoms with Crippen LogP contribution in [0.15, 0.2) is 71.2 Å². The van der Waals surface area contributed by atoms with Gasteiger partial charge in [0, 0.05) is 12.1 Å². The Labute approximate surface area is 213 Å². The Balaban J connectivity index is 1.59. The van der Waals surface area contributed by atoms with E-state index >= 15 is 0 Å². The molecule has 36 heavy (non-hydrogen) atoms. The van der Waals surface area contributed by atoms with Gasteiger partial charge in [-0.05, 0) is 45.3 Å². The number of fused-ring (bicyclic) bond motifs is 1. The number of nitro benzene ring substituents is 1. The molecule has 0 unspecified atom stereocenters. The van der Waals surface area contributed by atoms with Gasteiger partial charge in [0.25, 0.3) is 11.6 Å². The maximum absolute atomic E-state index is 13.6. The molecule has 2 saturated heterocycles. The Morgan fingerprint density at radius 1 is 1.08 bits per heavy atom. The van der Waals surface area contributed by atoms with Gasteiger partial charge in [-0.25, -0.2) is 5.06 Å². The van der Waals surface area contributed by atoms with Crippen LogP contribution in [0.25, 0.3) is 0 Å².